The summed E-state index contributed by atoms with van der Waals surface area (Å²) in [5.74, 6) is -1.33. The van der Waals surface area contributed by atoms with Crippen molar-refractivity contribution >= 4 is 51.1 Å². The molecule has 0 aliphatic carbocycles. The molecule has 6 rings (SSSR count). The fraction of sp³-hybridized carbons (Fsp3) is 0.545. The molecule has 4 aliphatic heterocycles. The lowest BCUT2D eigenvalue weighted by molar-refractivity contribution is -0.142. The molecule has 2 bridgehead atoms. The molecular formula is C33H41BrN4O6S. The largest absolute Gasteiger partial charge is 0.494 e. The first-order valence-electron chi connectivity index (χ1n) is 15.8. The highest BCUT2D eigenvalue weighted by atomic mass is 79.9. The first kappa shape index (κ1) is 32.3. The number of hydrogen-bond acceptors (Lipinski definition) is 8. The molecule has 2 aromatic carbocycles. The summed E-state index contributed by atoms with van der Waals surface area (Å²) in [6, 6.07) is 15.4. The third-order valence-electron chi connectivity index (χ3n) is 9.46. The van der Waals surface area contributed by atoms with Crippen LogP contribution in [0.5, 0.6) is 5.75 Å². The summed E-state index contributed by atoms with van der Waals surface area (Å²) in [4.78, 5) is 46.6. The SMILES string of the molecule is CCOc1ccc(NC(=O)[C@H]2[C@H]3C(=O)N([C@@H](CO)Cc4ccccc4)C(C(=O)NCCN4CCOCC4)C34CC(Br)[C@@H]2S4)cc1. The number of carbonyl (C=O) groups is 3. The Bertz CT molecular complexity index is 1360. The summed E-state index contributed by atoms with van der Waals surface area (Å²) in [6.07, 6.45) is 0.978. The Labute approximate surface area is 276 Å². The van der Waals surface area contributed by atoms with Gasteiger partial charge in [0.05, 0.1) is 49.1 Å². The Kier molecular flexibility index (Phi) is 10.1. The Hall–Kier alpha value is -2.64. The van der Waals surface area contributed by atoms with Crippen LogP contribution in [-0.2, 0) is 25.5 Å². The van der Waals surface area contributed by atoms with E-state index in [1.807, 2.05) is 37.3 Å². The van der Waals surface area contributed by atoms with E-state index >= 15 is 0 Å². The van der Waals surface area contributed by atoms with Gasteiger partial charge in [-0.2, -0.15) is 0 Å². The Morgan fingerprint density at radius 2 is 1.87 bits per heavy atom. The van der Waals surface area contributed by atoms with Gasteiger partial charge in [-0.25, -0.2) is 0 Å². The highest BCUT2D eigenvalue weighted by molar-refractivity contribution is 9.09. The molecule has 0 radical (unpaired) electrons. The van der Waals surface area contributed by atoms with E-state index in [0.717, 1.165) is 18.7 Å². The van der Waals surface area contributed by atoms with Crippen LogP contribution in [0.25, 0.3) is 0 Å². The van der Waals surface area contributed by atoms with E-state index in [4.69, 9.17) is 9.47 Å². The number of likely N-dealkylation sites (tertiary alicyclic amines) is 1. The van der Waals surface area contributed by atoms with Gasteiger partial charge < -0.3 is 30.1 Å². The van der Waals surface area contributed by atoms with E-state index in [1.165, 1.54) is 0 Å². The predicted octanol–water partition coefficient (Wildman–Crippen LogP) is 2.54. The van der Waals surface area contributed by atoms with Crippen molar-refractivity contribution in [2.24, 2.45) is 11.8 Å². The van der Waals surface area contributed by atoms with Crippen LogP contribution < -0.4 is 15.4 Å². The second-order valence-electron chi connectivity index (χ2n) is 12.1. The molecule has 4 heterocycles. The van der Waals surface area contributed by atoms with Gasteiger partial charge in [-0.3, -0.25) is 19.3 Å². The molecule has 0 aromatic heterocycles. The lowest BCUT2D eigenvalue weighted by Crippen LogP contribution is -2.58. The van der Waals surface area contributed by atoms with Crippen LogP contribution in [0, 0.1) is 11.8 Å². The number of aliphatic hydroxyl groups is 1. The summed E-state index contributed by atoms with van der Waals surface area (Å²) in [5.41, 5.74) is 1.58. The lowest BCUT2D eigenvalue weighted by Gasteiger charge is -2.37. The van der Waals surface area contributed by atoms with Crippen LogP contribution in [0.4, 0.5) is 5.69 Å². The minimum absolute atomic E-state index is 0.0482. The van der Waals surface area contributed by atoms with Crippen LogP contribution in [0.3, 0.4) is 0 Å². The summed E-state index contributed by atoms with van der Waals surface area (Å²) in [5, 5.41) is 16.7. The highest BCUT2D eigenvalue weighted by Crippen LogP contribution is 2.68. The fourth-order valence-corrected chi connectivity index (χ4v) is 11.1. The van der Waals surface area contributed by atoms with Gasteiger partial charge in [0.15, 0.2) is 0 Å². The van der Waals surface area contributed by atoms with Crippen LogP contribution in [0.2, 0.25) is 0 Å². The number of nitrogens with zero attached hydrogens (tertiary/aromatic N) is 2. The number of ether oxygens (including phenoxy) is 2. The molecule has 242 valence electrons. The average Bonchev–Trinajstić information content (AvgIpc) is 3.65. The minimum atomic E-state index is -0.820. The maximum Gasteiger partial charge on any atom is 0.244 e. The molecule has 0 saturated carbocycles. The molecule has 10 nitrogen and oxygen atoms in total. The van der Waals surface area contributed by atoms with Crippen molar-refractivity contribution < 1.29 is 29.0 Å². The first-order valence-corrected chi connectivity index (χ1v) is 17.6. The number of fused-ring (bicyclic) bond motifs is 1. The number of carbonyl (C=O) groups excluding carboxylic acids is 3. The second kappa shape index (κ2) is 14.0. The number of benzene rings is 2. The minimum Gasteiger partial charge on any atom is -0.494 e. The third kappa shape index (κ3) is 6.36. The van der Waals surface area contributed by atoms with Crippen molar-refractivity contribution in [2.45, 2.75) is 46.7 Å². The topological polar surface area (TPSA) is 120 Å². The predicted molar refractivity (Wildman–Crippen MR) is 177 cm³/mol. The number of nitrogens with one attached hydrogen (secondary N) is 2. The van der Waals surface area contributed by atoms with E-state index in [0.29, 0.717) is 57.2 Å². The lowest BCUT2D eigenvalue weighted by atomic mass is 9.70. The monoisotopic (exact) mass is 700 g/mol. The molecule has 3 N–H and O–H groups in total. The van der Waals surface area contributed by atoms with Gasteiger partial charge in [0.2, 0.25) is 17.7 Å². The number of aliphatic hydroxyl groups excluding tert-OH is 1. The maximum atomic E-state index is 14.6. The van der Waals surface area contributed by atoms with Gasteiger partial charge in [0.1, 0.15) is 11.8 Å². The second-order valence-corrected chi connectivity index (χ2v) is 14.8. The van der Waals surface area contributed by atoms with Crippen LogP contribution in [0.1, 0.15) is 18.9 Å². The fourth-order valence-electron chi connectivity index (χ4n) is 7.48. The smallest absolute Gasteiger partial charge is 0.244 e. The number of rotatable bonds is 12. The molecule has 4 aliphatic rings. The van der Waals surface area contributed by atoms with E-state index in [-0.39, 0.29) is 34.4 Å². The van der Waals surface area contributed by atoms with Gasteiger partial charge in [-0.15, -0.1) is 11.8 Å². The quantitative estimate of drug-likeness (QED) is 0.289. The standard InChI is InChI=1S/C33H41BrN4O6S/c1-2-44-24-10-8-22(9-11-24)36-30(40)26-27-32(42)38(23(20-39)18-21-6-4-3-5-7-21)29(33(27)19-25(34)28(26)45-33)31(41)35-12-13-37-14-16-43-17-15-37/h3-11,23,25-29,39H,2,12-20H2,1H3,(H,35,41)(H,36,40)/t23-,25?,26+,27+,28+,29?,33?/m1/s1. The molecule has 2 aromatic rings. The number of amides is 3. The number of halogens is 1. The number of hydrogen-bond donors (Lipinski definition) is 3. The van der Waals surface area contributed by atoms with Crippen molar-refractivity contribution in [3.63, 3.8) is 0 Å². The van der Waals surface area contributed by atoms with Crippen molar-refractivity contribution in [1.82, 2.24) is 15.1 Å². The Morgan fingerprint density at radius 1 is 1.13 bits per heavy atom. The molecule has 45 heavy (non-hydrogen) atoms. The first-order chi connectivity index (χ1) is 21.9. The van der Waals surface area contributed by atoms with Gasteiger partial charge in [0.25, 0.3) is 0 Å². The zero-order chi connectivity index (χ0) is 31.6. The number of alkyl halides is 1. The van der Waals surface area contributed by atoms with Gasteiger partial charge in [-0.05, 0) is 49.6 Å². The maximum absolute atomic E-state index is 14.6. The number of thioether (sulfide) groups is 1. The van der Waals surface area contributed by atoms with E-state index in [1.54, 1.807) is 40.9 Å². The molecular weight excluding hydrogens is 660 g/mol. The van der Waals surface area contributed by atoms with Crippen molar-refractivity contribution in [3.8, 4) is 5.75 Å². The molecule has 12 heteroatoms. The third-order valence-corrected chi connectivity index (χ3v) is 12.7. The Balaban J connectivity index is 1.28. The molecule has 1 spiro atoms. The number of anilines is 1. The van der Waals surface area contributed by atoms with Crippen molar-refractivity contribution in [1.29, 1.82) is 0 Å². The van der Waals surface area contributed by atoms with E-state index < -0.39 is 28.7 Å². The average molecular weight is 702 g/mol. The van der Waals surface area contributed by atoms with Gasteiger partial charge in [0, 0.05) is 41.9 Å². The van der Waals surface area contributed by atoms with E-state index in [2.05, 4.69) is 31.5 Å². The molecule has 7 atom stereocenters. The van der Waals surface area contributed by atoms with Crippen molar-refractivity contribution in [3.05, 3.63) is 60.2 Å². The molecule has 3 amide bonds. The van der Waals surface area contributed by atoms with Crippen molar-refractivity contribution in [2.75, 3.05) is 57.9 Å². The summed E-state index contributed by atoms with van der Waals surface area (Å²) in [7, 11) is 0. The normalized spacial score (nSPS) is 29.8. The van der Waals surface area contributed by atoms with Gasteiger partial charge >= 0.3 is 0 Å². The van der Waals surface area contributed by atoms with Crippen LogP contribution in [0.15, 0.2) is 54.6 Å². The summed E-state index contributed by atoms with van der Waals surface area (Å²) >= 11 is 5.42. The summed E-state index contributed by atoms with van der Waals surface area (Å²) in [6.45, 7) is 6.26. The summed E-state index contributed by atoms with van der Waals surface area (Å²) < 4.78 is 10.2. The molecule has 4 saturated heterocycles. The Morgan fingerprint density at radius 3 is 2.56 bits per heavy atom. The molecule has 3 unspecified atom stereocenters. The number of morpholine rings is 1. The molecule has 4 fully saturated rings. The highest BCUT2D eigenvalue weighted by Gasteiger charge is 2.76. The zero-order valence-corrected chi connectivity index (χ0v) is 27.8. The van der Waals surface area contributed by atoms with Crippen LogP contribution in [-0.4, -0.2) is 112 Å². The zero-order valence-electron chi connectivity index (χ0n) is 25.4. The van der Waals surface area contributed by atoms with Gasteiger partial charge in [-0.1, -0.05) is 46.3 Å². The van der Waals surface area contributed by atoms with E-state index in [9.17, 15) is 19.5 Å². The van der Waals surface area contributed by atoms with Crippen LogP contribution >= 0.6 is 27.7 Å².